The Morgan fingerprint density at radius 1 is 1.30 bits per heavy atom. The average molecular weight is 278 g/mol. The summed E-state index contributed by atoms with van der Waals surface area (Å²) in [6.45, 7) is 7.20. The van der Waals surface area contributed by atoms with Crippen molar-refractivity contribution in [1.82, 2.24) is 5.06 Å². The smallest absolute Gasteiger partial charge is 0.311 e. The van der Waals surface area contributed by atoms with Gasteiger partial charge < -0.3 is 5.11 Å². The molecule has 1 heterocycles. The topological polar surface area (TPSA) is 98.9 Å². The summed E-state index contributed by atoms with van der Waals surface area (Å²) in [6.07, 6.45) is 0. The van der Waals surface area contributed by atoms with Crippen molar-refractivity contribution >= 4 is 11.5 Å². The van der Waals surface area contributed by atoms with Crippen LogP contribution in [0.3, 0.4) is 0 Å². The molecule has 1 aromatic rings. The number of nitro groups is 1. The Hall–Kier alpha value is -2.15. The minimum Gasteiger partial charge on any atom is -0.502 e. The van der Waals surface area contributed by atoms with E-state index in [4.69, 9.17) is 0 Å². The molecule has 2 rings (SSSR count). The molecular formula is C13H16N3O4. The van der Waals surface area contributed by atoms with E-state index in [0.717, 1.165) is 11.1 Å². The average Bonchev–Trinajstić information content (AvgIpc) is 2.50. The first kappa shape index (κ1) is 14.3. The van der Waals surface area contributed by atoms with Gasteiger partial charge in [0.1, 0.15) is 0 Å². The van der Waals surface area contributed by atoms with Gasteiger partial charge in [0.15, 0.2) is 11.6 Å². The molecule has 1 aliphatic rings. The van der Waals surface area contributed by atoms with Gasteiger partial charge >= 0.3 is 5.69 Å². The van der Waals surface area contributed by atoms with Gasteiger partial charge in [0.25, 0.3) is 0 Å². The SMILES string of the molecule is CC1(C)N=C(c2ccc(O)c([N+](=O)[O-])c2)N([O])C1(C)C. The summed E-state index contributed by atoms with van der Waals surface area (Å²) in [5, 5.41) is 33.4. The van der Waals surface area contributed by atoms with Gasteiger partial charge in [-0.05, 0) is 39.8 Å². The van der Waals surface area contributed by atoms with Crippen LogP contribution in [0.2, 0.25) is 0 Å². The Bertz CT molecular complexity index is 608. The largest absolute Gasteiger partial charge is 0.502 e. The van der Waals surface area contributed by atoms with E-state index >= 15 is 0 Å². The zero-order valence-electron chi connectivity index (χ0n) is 11.7. The third-order valence-electron chi connectivity index (χ3n) is 4.01. The Labute approximate surface area is 116 Å². The molecule has 7 nitrogen and oxygen atoms in total. The van der Waals surface area contributed by atoms with Crippen LogP contribution in [0.1, 0.15) is 33.3 Å². The van der Waals surface area contributed by atoms with Crippen molar-refractivity contribution in [1.29, 1.82) is 0 Å². The van der Waals surface area contributed by atoms with Gasteiger partial charge in [-0.1, -0.05) is 5.21 Å². The molecule has 0 saturated carbocycles. The molecule has 1 N–H and O–H groups in total. The molecular weight excluding hydrogens is 262 g/mol. The van der Waals surface area contributed by atoms with Crippen molar-refractivity contribution in [2.45, 2.75) is 38.8 Å². The third kappa shape index (κ3) is 1.90. The Morgan fingerprint density at radius 3 is 2.35 bits per heavy atom. The predicted molar refractivity (Wildman–Crippen MR) is 72.0 cm³/mol. The van der Waals surface area contributed by atoms with Crippen LogP contribution in [0.15, 0.2) is 23.2 Å². The highest BCUT2D eigenvalue weighted by atomic mass is 16.6. The summed E-state index contributed by atoms with van der Waals surface area (Å²) in [5.41, 5.74) is -1.49. The number of phenolic OH excluding ortho intramolecular Hbond substituents is 1. The van der Waals surface area contributed by atoms with Crippen LogP contribution >= 0.6 is 0 Å². The quantitative estimate of drug-likeness (QED) is 0.662. The summed E-state index contributed by atoms with van der Waals surface area (Å²) in [6, 6.07) is 3.81. The Kier molecular flexibility index (Phi) is 2.98. The zero-order chi connectivity index (χ0) is 15.3. The van der Waals surface area contributed by atoms with E-state index in [1.54, 1.807) is 13.8 Å². The Balaban J connectivity index is 2.54. The molecule has 1 radical (unpaired) electrons. The van der Waals surface area contributed by atoms with Gasteiger partial charge in [-0.3, -0.25) is 15.1 Å². The Morgan fingerprint density at radius 2 is 1.90 bits per heavy atom. The molecule has 0 amide bonds. The highest BCUT2D eigenvalue weighted by Gasteiger charge is 2.50. The number of aromatic hydroxyl groups is 1. The van der Waals surface area contributed by atoms with Gasteiger partial charge in [0.05, 0.1) is 16.0 Å². The second-order valence-corrected chi connectivity index (χ2v) is 5.81. The van der Waals surface area contributed by atoms with E-state index in [1.165, 1.54) is 12.1 Å². The normalized spacial score (nSPS) is 19.9. The minimum absolute atomic E-state index is 0.142. The molecule has 0 atom stereocenters. The first-order chi connectivity index (χ1) is 9.08. The van der Waals surface area contributed by atoms with E-state index in [1.807, 2.05) is 13.8 Å². The van der Waals surface area contributed by atoms with Gasteiger partial charge in [-0.15, -0.1) is 0 Å². The number of phenols is 1. The lowest BCUT2D eigenvalue weighted by molar-refractivity contribution is -0.385. The number of amidine groups is 1. The summed E-state index contributed by atoms with van der Waals surface area (Å²) < 4.78 is 0. The summed E-state index contributed by atoms with van der Waals surface area (Å²) in [5.74, 6) is -0.295. The van der Waals surface area contributed by atoms with Crippen LogP contribution in [0.4, 0.5) is 5.69 Å². The van der Waals surface area contributed by atoms with Gasteiger partial charge in [0, 0.05) is 11.6 Å². The van der Waals surface area contributed by atoms with Crippen molar-refractivity contribution in [3.8, 4) is 5.75 Å². The molecule has 0 spiro atoms. The second-order valence-electron chi connectivity index (χ2n) is 5.81. The van der Waals surface area contributed by atoms with Gasteiger partial charge in [-0.2, -0.15) is 5.06 Å². The van der Waals surface area contributed by atoms with E-state index in [2.05, 4.69) is 4.99 Å². The molecule has 0 saturated heterocycles. The molecule has 20 heavy (non-hydrogen) atoms. The first-order valence-corrected chi connectivity index (χ1v) is 6.13. The number of nitrogens with zero attached hydrogens (tertiary/aromatic N) is 3. The van der Waals surface area contributed by atoms with E-state index in [9.17, 15) is 20.4 Å². The molecule has 7 heteroatoms. The van der Waals surface area contributed by atoms with Crippen molar-refractivity contribution in [3.63, 3.8) is 0 Å². The minimum atomic E-state index is -0.755. The monoisotopic (exact) mass is 278 g/mol. The lowest BCUT2D eigenvalue weighted by Crippen LogP contribution is -2.50. The zero-order valence-corrected chi connectivity index (χ0v) is 11.7. The lowest BCUT2D eigenvalue weighted by atomic mass is 9.84. The molecule has 1 aromatic carbocycles. The molecule has 0 aliphatic carbocycles. The third-order valence-corrected chi connectivity index (χ3v) is 4.01. The standard InChI is InChI=1S/C13H16N3O4/c1-12(2)13(3,4)15(18)11(14-12)8-5-6-10(17)9(7-8)16(19)20/h5-7,17H,1-4H3. The maximum Gasteiger partial charge on any atom is 0.311 e. The molecule has 1 aliphatic heterocycles. The highest BCUT2D eigenvalue weighted by Crippen LogP contribution is 2.39. The number of hydrogen-bond acceptors (Lipinski definition) is 5. The van der Waals surface area contributed by atoms with E-state index in [0.29, 0.717) is 5.56 Å². The van der Waals surface area contributed by atoms with Crippen molar-refractivity contribution in [3.05, 3.63) is 33.9 Å². The summed E-state index contributed by atoms with van der Waals surface area (Å²) >= 11 is 0. The summed E-state index contributed by atoms with van der Waals surface area (Å²) in [7, 11) is 0. The fourth-order valence-electron chi connectivity index (χ4n) is 1.95. The molecule has 0 fully saturated rings. The fourth-order valence-corrected chi connectivity index (χ4v) is 1.95. The molecule has 0 aromatic heterocycles. The molecule has 0 bridgehead atoms. The van der Waals surface area contributed by atoms with Crippen molar-refractivity contribution < 1.29 is 15.2 Å². The highest BCUT2D eigenvalue weighted by molar-refractivity contribution is 6.01. The number of benzene rings is 1. The van der Waals surface area contributed by atoms with Gasteiger partial charge in [0.2, 0.25) is 0 Å². The predicted octanol–water partition coefficient (Wildman–Crippen LogP) is 2.27. The van der Waals surface area contributed by atoms with Crippen LogP contribution in [-0.4, -0.2) is 32.0 Å². The lowest BCUT2D eigenvalue weighted by Gasteiger charge is -2.35. The number of rotatable bonds is 2. The van der Waals surface area contributed by atoms with E-state index < -0.39 is 27.4 Å². The van der Waals surface area contributed by atoms with Crippen LogP contribution < -0.4 is 0 Å². The number of hydrogen-bond donors (Lipinski definition) is 1. The molecule has 107 valence electrons. The van der Waals surface area contributed by atoms with Crippen LogP contribution in [-0.2, 0) is 5.21 Å². The maximum atomic E-state index is 12.4. The number of aliphatic imine (C=N–C) groups is 1. The van der Waals surface area contributed by atoms with E-state index in [-0.39, 0.29) is 5.84 Å². The van der Waals surface area contributed by atoms with Crippen LogP contribution in [0.5, 0.6) is 5.75 Å². The number of nitro benzene ring substituents is 1. The van der Waals surface area contributed by atoms with Crippen LogP contribution in [0.25, 0.3) is 0 Å². The van der Waals surface area contributed by atoms with Crippen molar-refractivity contribution in [2.75, 3.05) is 0 Å². The first-order valence-electron chi connectivity index (χ1n) is 6.13. The maximum absolute atomic E-state index is 12.4. The number of hydroxylamine groups is 2. The van der Waals surface area contributed by atoms with Crippen molar-refractivity contribution in [2.24, 2.45) is 4.99 Å². The van der Waals surface area contributed by atoms with Crippen LogP contribution in [0, 0.1) is 10.1 Å². The molecule has 0 unspecified atom stereocenters. The van der Waals surface area contributed by atoms with Gasteiger partial charge in [-0.25, -0.2) is 0 Å². The second kappa shape index (κ2) is 4.17. The summed E-state index contributed by atoms with van der Waals surface area (Å²) in [4.78, 5) is 14.5. The fraction of sp³-hybridized carbons (Fsp3) is 0.462.